The van der Waals surface area contributed by atoms with Crippen molar-refractivity contribution >= 4 is 11.4 Å². The first kappa shape index (κ1) is 8.52. The van der Waals surface area contributed by atoms with Gasteiger partial charge < -0.3 is 4.90 Å². The van der Waals surface area contributed by atoms with Crippen LogP contribution in [0.1, 0.15) is 0 Å². The van der Waals surface area contributed by atoms with Crippen molar-refractivity contribution in [2.45, 2.75) is 0 Å². The fraction of sp³-hybridized carbons (Fsp3) is 0.250. The van der Waals surface area contributed by atoms with Crippen molar-refractivity contribution in [3.05, 3.63) is 34.4 Å². The molecule has 63 valence electrons. The molecule has 0 atom stereocenters. The highest BCUT2D eigenvalue weighted by Gasteiger charge is 2.12. The Bertz CT molecular complexity index is 297. The minimum atomic E-state index is -0.411. The molecule has 0 heterocycles. The Labute approximate surface area is 70.6 Å². The van der Waals surface area contributed by atoms with Crippen LogP contribution < -0.4 is 4.90 Å². The number of benzene rings is 1. The van der Waals surface area contributed by atoms with Gasteiger partial charge in [0.15, 0.2) is 0 Å². The molecule has 1 radical (unpaired) electrons. The lowest BCUT2D eigenvalue weighted by Crippen LogP contribution is -2.10. The summed E-state index contributed by atoms with van der Waals surface area (Å²) in [6, 6.07) is 7.36. The minimum absolute atomic E-state index is 0.0856. The molecule has 0 saturated heterocycles. The van der Waals surface area contributed by atoms with Crippen molar-refractivity contribution < 1.29 is 4.92 Å². The van der Waals surface area contributed by atoms with Crippen LogP contribution in [-0.2, 0) is 0 Å². The van der Waals surface area contributed by atoms with E-state index in [9.17, 15) is 10.1 Å². The van der Waals surface area contributed by atoms with Gasteiger partial charge in [0.25, 0.3) is 5.69 Å². The average molecular weight is 165 g/mol. The van der Waals surface area contributed by atoms with Crippen molar-refractivity contribution in [1.29, 1.82) is 0 Å². The Morgan fingerprint density at radius 3 is 2.67 bits per heavy atom. The first-order valence-electron chi connectivity index (χ1n) is 3.44. The molecule has 0 saturated carbocycles. The summed E-state index contributed by atoms with van der Waals surface area (Å²) in [5, 5.41) is 10.5. The summed E-state index contributed by atoms with van der Waals surface area (Å²) in [6.07, 6.45) is 0. The van der Waals surface area contributed by atoms with Gasteiger partial charge in [0.05, 0.1) is 4.92 Å². The Morgan fingerprint density at radius 2 is 2.25 bits per heavy atom. The molecule has 0 spiro atoms. The second-order valence-corrected chi connectivity index (χ2v) is 2.57. The number of hydrogen-bond donors (Lipinski definition) is 0. The van der Waals surface area contributed by atoms with Crippen LogP contribution in [0.25, 0.3) is 0 Å². The van der Waals surface area contributed by atoms with Gasteiger partial charge in [-0.3, -0.25) is 10.1 Å². The van der Waals surface area contributed by atoms with Crippen LogP contribution in [0.5, 0.6) is 0 Å². The number of nitro groups is 1. The van der Waals surface area contributed by atoms with E-state index in [1.165, 1.54) is 6.07 Å². The van der Waals surface area contributed by atoms with Gasteiger partial charge in [0.1, 0.15) is 5.69 Å². The van der Waals surface area contributed by atoms with Gasteiger partial charge in [0.2, 0.25) is 0 Å². The molecule has 0 aromatic heterocycles. The summed E-state index contributed by atoms with van der Waals surface area (Å²) in [5.41, 5.74) is 0.682. The molecule has 4 heteroatoms. The van der Waals surface area contributed by atoms with E-state index in [2.05, 4.69) is 6.07 Å². The highest BCUT2D eigenvalue weighted by Crippen LogP contribution is 2.24. The molecule has 12 heavy (non-hydrogen) atoms. The normalized spacial score (nSPS) is 9.50. The molecule has 0 aliphatic rings. The largest absolute Gasteiger partial charge is 0.372 e. The van der Waals surface area contributed by atoms with Crippen molar-refractivity contribution in [3.8, 4) is 0 Å². The highest BCUT2D eigenvalue weighted by molar-refractivity contribution is 5.61. The number of rotatable bonds is 2. The molecule has 4 nitrogen and oxygen atoms in total. The van der Waals surface area contributed by atoms with E-state index < -0.39 is 4.92 Å². The number of anilines is 1. The van der Waals surface area contributed by atoms with E-state index in [4.69, 9.17) is 0 Å². The summed E-state index contributed by atoms with van der Waals surface area (Å²) >= 11 is 0. The second kappa shape index (κ2) is 3.21. The van der Waals surface area contributed by atoms with Gasteiger partial charge in [0, 0.05) is 20.2 Å². The fourth-order valence-corrected chi connectivity index (χ4v) is 0.938. The van der Waals surface area contributed by atoms with Gasteiger partial charge in [-0.1, -0.05) is 6.07 Å². The summed E-state index contributed by atoms with van der Waals surface area (Å²) in [5.74, 6) is 0. The van der Waals surface area contributed by atoms with Gasteiger partial charge in [-0.15, -0.1) is 0 Å². The third kappa shape index (κ3) is 1.53. The molecular formula is C8H9N2O2. The fourth-order valence-electron chi connectivity index (χ4n) is 0.938. The Balaban J connectivity index is 3.17. The molecule has 0 fully saturated rings. The predicted molar refractivity (Wildman–Crippen MR) is 46.3 cm³/mol. The topological polar surface area (TPSA) is 46.4 Å². The minimum Gasteiger partial charge on any atom is -0.372 e. The molecule has 1 aromatic carbocycles. The van der Waals surface area contributed by atoms with Gasteiger partial charge >= 0.3 is 0 Å². The molecule has 0 N–H and O–H groups in total. The Morgan fingerprint density at radius 1 is 1.58 bits per heavy atom. The lowest BCUT2D eigenvalue weighted by atomic mass is 10.2. The highest BCUT2D eigenvalue weighted by atomic mass is 16.6. The maximum Gasteiger partial charge on any atom is 0.293 e. The molecule has 0 amide bonds. The van der Waals surface area contributed by atoms with Crippen LogP contribution in [0.2, 0.25) is 0 Å². The molecular weight excluding hydrogens is 156 g/mol. The third-order valence-corrected chi connectivity index (χ3v) is 1.50. The third-order valence-electron chi connectivity index (χ3n) is 1.50. The van der Waals surface area contributed by atoms with Crippen LogP contribution in [0.3, 0.4) is 0 Å². The van der Waals surface area contributed by atoms with Crippen molar-refractivity contribution in [2.24, 2.45) is 0 Å². The van der Waals surface area contributed by atoms with Crippen molar-refractivity contribution in [3.63, 3.8) is 0 Å². The van der Waals surface area contributed by atoms with Crippen molar-refractivity contribution in [2.75, 3.05) is 19.0 Å². The zero-order valence-corrected chi connectivity index (χ0v) is 6.94. The van der Waals surface area contributed by atoms with E-state index >= 15 is 0 Å². The monoisotopic (exact) mass is 165 g/mol. The quantitative estimate of drug-likeness (QED) is 0.492. The molecule has 1 aromatic rings. The van der Waals surface area contributed by atoms with Crippen LogP contribution in [0.4, 0.5) is 11.4 Å². The summed E-state index contributed by atoms with van der Waals surface area (Å²) in [4.78, 5) is 11.8. The second-order valence-electron chi connectivity index (χ2n) is 2.57. The van der Waals surface area contributed by atoms with Crippen LogP contribution >= 0.6 is 0 Å². The van der Waals surface area contributed by atoms with E-state index in [1.807, 2.05) is 0 Å². The van der Waals surface area contributed by atoms with Crippen LogP contribution in [0.15, 0.2) is 18.2 Å². The summed E-state index contributed by atoms with van der Waals surface area (Å²) in [7, 11) is 3.53. The maximum absolute atomic E-state index is 10.5. The Hall–Kier alpha value is -1.58. The van der Waals surface area contributed by atoms with E-state index in [0.29, 0.717) is 5.69 Å². The van der Waals surface area contributed by atoms with Gasteiger partial charge in [-0.2, -0.15) is 0 Å². The van der Waals surface area contributed by atoms with E-state index in [1.54, 1.807) is 31.1 Å². The predicted octanol–water partition coefficient (Wildman–Crippen LogP) is 1.46. The number of hydrogen-bond acceptors (Lipinski definition) is 3. The van der Waals surface area contributed by atoms with Crippen molar-refractivity contribution in [1.82, 2.24) is 0 Å². The zero-order valence-electron chi connectivity index (χ0n) is 6.94. The first-order valence-corrected chi connectivity index (χ1v) is 3.44. The van der Waals surface area contributed by atoms with E-state index in [-0.39, 0.29) is 5.69 Å². The number of nitro benzene ring substituents is 1. The van der Waals surface area contributed by atoms with Crippen LogP contribution in [-0.4, -0.2) is 19.0 Å². The SMILES string of the molecule is CN(C)c1cc[c]cc1[N+](=O)[O-]. The zero-order chi connectivity index (χ0) is 9.14. The van der Waals surface area contributed by atoms with Crippen LogP contribution in [0, 0.1) is 16.2 Å². The molecule has 0 aliphatic heterocycles. The first-order chi connectivity index (χ1) is 5.63. The van der Waals surface area contributed by atoms with Gasteiger partial charge in [-0.05, 0) is 12.1 Å². The molecule has 0 aliphatic carbocycles. The Kier molecular flexibility index (Phi) is 2.28. The molecule has 0 unspecified atom stereocenters. The standard InChI is InChI=1S/C8H9N2O2/c1-9(2)7-5-3-4-6-8(7)10(11)12/h3,5-6H,1-2H3. The average Bonchev–Trinajstić information content (AvgIpc) is 2.04. The lowest BCUT2D eigenvalue weighted by molar-refractivity contribution is -0.384. The van der Waals surface area contributed by atoms with Gasteiger partial charge in [-0.25, -0.2) is 0 Å². The smallest absolute Gasteiger partial charge is 0.293 e. The summed E-state index contributed by atoms with van der Waals surface area (Å²) in [6.45, 7) is 0. The summed E-state index contributed by atoms with van der Waals surface area (Å²) < 4.78 is 0. The molecule has 1 rings (SSSR count). The lowest BCUT2D eigenvalue weighted by Gasteiger charge is -2.11. The number of nitrogens with zero attached hydrogens (tertiary/aromatic N) is 2. The maximum atomic E-state index is 10.5. The van der Waals surface area contributed by atoms with E-state index in [0.717, 1.165) is 0 Å². The molecule has 0 bridgehead atoms.